The lowest BCUT2D eigenvalue weighted by molar-refractivity contribution is -0.126. The molecule has 1 N–H and O–H groups in total. The van der Waals surface area contributed by atoms with E-state index in [1.165, 1.54) is 13.0 Å². The van der Waals surface area contributed by atoms with Gasteiger partial charge < -0.3 is 10.1 Å². The van der Waals surface area contributed by atoms with Crippen LogP contribution < -0.4 is 5.32 Å². The number of hydrogen-bond donors (Lipinski definition) is 1. The van der Waals surface area contributed by atoms with Gasteiger partial charge in [0.05, 0.1) is 12.2 Å². The van der Waals surface area contributed by atoms with E-state index in [9.17, 15) is 0 Å². The summed E-state index contributed by atoms with van der Waals surface area (Å²) in [6, 6.07) is 0.669. The second-order valence-electron chi connectivity index (χ2n) is 6.18. The van der Waals surface area contributed by atoms with Crippen LogP contribution in [0.25, 0.3) is 0 Å². The monoisotopic (exact) mass is 197 g/mol. The maximum absolute atomic E-state index is 5.93. The van der Waals surface area contributed by atoms with Crippen molar-refractivity contribution in [2.24, 2.45) is 11.3 Å². The predicted molar refractivity (Wildman–Crippen MR) is 58.3 cm³/mol. The van der Waals surface area contributed by atoms with Crippen LogP contribution in [0.15, 0.2) is 0 Å². The third-order valence-electron chi connectivity index (χ3n) is 4.03. The standard InChI is InChI=1S/C12H23NO/c1-11(2)5-6-13-10-7-12(3,4)14-8-9(10)11/h9-10,13H,5-8H2,1-4H3. The molecular weight excluding hydrogens is 174 g/mol. The van der Waals surface area contributed by atoms with E-state index in [1.54, 1.807) is 0 Å². The van der Waals surface area contributed by atoms with E-state index in [0.717, 1.165) is 13.0 Å². The smallest absolute Gasteiger partial charge is 0.0641 e. The molecule has 2 saturated heterocycles. The highest BCUT2D eigenvalue weighted by Gasteiger charge is 2.44. The minimum atomic E-state index is 0.0710. The highest BCUT2D eigenvalue weighted by Crippen LogP contribution is 2.42. The maximum Gasteiger partial charge on any atom is 0.0641 e. The van der Waals surface area contributed by atoms with Crippen LogP contribution in [0, 0.1) is 11.3 Å². The van der Waals surface area contributed by atoms with Crippen molar-refractivity contribution in [1.82, 2.24) is 5.32 Å². The van der Waals surface area contributed by atoms with Gasteiger partial charge in [-0.2, -0.15) is 0 Å². The van der Waals surface area contributed by atoms with Crippen molar-refractivity contribution in [1.29, 1.82) is 0 Å². The zero-order valence-corrected chi connectivity index (χ0v) is 9.89. The Balaban J connectivity index is 2.11. The first-order chi connectivity index (χ1) is 6.41. The van der Waals surface area contributed by atoms with Crippen LogP contribution in [0.5, 0.6) is 0 Å². The second-order valence-corrected chi connectivity index (χ2v) is 6.18. The second kappa shape index (κ2) is 3.21. The van der Waals surface area contributed by atoms with Crippen molar-refractivity contribution < 1.29 is 4.74 Å². The average Bonchev–Trinajstić information content (AvgIpc) is 2.00. The molecule has 0 aliphatic carbocycles. The average molecular weight is 197 g/mol. The molecule has 2 unspecified atom stereocenters. The largest absolute Gasteiger partial charge is 0.375 e. The van der Waals surface area contributed by atoms with Gasteiger partial charge in [0, 0.05) is 12.0 Å². The van der Waals surface area contributed by atoms with Crippen LogP contribution in [0.1, 0.15) is 40.5 Å². The quantitative estimate of drug-likeness (QED) is 0.643. The van der Waals surface area contributed by atoms with Gasteiger partial charge in [0.25, 0.3) is 0 Å². The van der Waals surface area contributed by atoms with Crippen LogP contribution >= 0.6 is 0 Å². The van der Waals surface area contributed by atoms with E-state index in [4.69, 9.17) is 4.74 Å². The summed E-state index contributed by atoms with van der Waals surface area (Å²) in [5, 5.41) is 3.65. The van der Waals surface area contributed by atoms with Gasteiger partial charge in [0.2, 0.25) is 0 Å². The summed E-state index contributed by atoms with van der Waals surface area (Å²) < 4.78 is 5.93. The molecule has 82 valence electrons. The summed E-state index contributed by atoms with van der Waals surface area (Å²) in [6.45, 7) is 11.3. The zero-order chi connectivity index (χ0) is 10.4. The van der Waals surface area contributed by atoms with Gasteiger partial charge in [-0.15, -0.1) is 0 Å². The molecule has 2 atom stereocenters. The van der Waals surface area contributed by atoms with Crippen LogP contribution in [-0.4, -0.2) is 24.8 Å². The molecular formula is C12H23NO. The van der Waals surface area contributed by atoms with Gasteiger partial charge in [0.1, 0.15) is 0 Å². The van der Waals surface area contributed by atoms with Crippen molar-refractivity contribution in [3.05, 3.63) is 0 Å². The summed E-state index contributed by atoms with van der Waals surface area (Å²) in [6.07, 6.45) is 2.43. The molecule has 0 radical (unpaired) electrons. The molecule has 2 aliphatic rings. The Morgan fingerprint density at radius 3 is 2.64 bits per heavy atom. The number of piperidine rings is 1. The summed E-state index contributed by atoms with van der Waals surface area (Å²) in [5.74, 6) is 0.698. The van der Waals surface area contributed by atoms with Gasteiger partial charge in [-0.3, -0.25) is 0 Å². The van der Waals surface area contributed by atoms with Gasteiger partial charge in [-0.05, 0) is 38.6 Å². The molecule has 0 bridgehead atoms. The molecule has 2 rings (SSSR count). The van der Waals surface area contributed by atoms with Crippen molar-refractivity contribution in [3.63, 3.8) is 0 Å². The lowest BCUT2D eigenvalue weighted by Gasteiger charge is -2.51. The topological polar surface area (TPSA) is 21.3 Å². The molecule has 14 heavy (non-hydrogen) atoms. The van der Waals surface area contributed by atoms with Gasteiger partial charge in [0.15, 0.2) is 0 Å². The highest BCUT2D eigenvalue weighted by atomic mass is 16.5. The predicted octanol–water partition coefficient (Wildman–Crippen LogP) is 2.19. The van der Waals surface area contributed by atoms with Crippen molar-refractivity contribution in [3.8, 4) is 0 Å². The number of hydrogen-bond acceptors (Lipinski definition) is 2. The summed E-state index contributed by atoms with van der Waals surface area (Å²) in [4.78, 5) is 0. The Morgan fingerprint density at radius 1 is 1.21 bits per heavy atom. The molecule has 0 aromatic carbocycles. The lowest BCUT2D eigenvalue weighted by Crippen LogP contribution is -2.58. The molecule has 2 heteroatoms. The van der Waals surface area contributed by atoms with Gasteiger partial charge >= 0.3 is 0 Å². The van der Waals surface area contributed by atoms with E-state index >= 15 is 0 Å². The van der Waals surface area contributed by atoms with E-state index in [-0.39, 0.29) is 5.60 Å². The SMILES string of the molecule is CC1(C)CC2NCCC(C)(C)C2CO1. The number of rotatable bonds is 0. The Bertz CT molecular complexity index is 222. The van der Waals surface area contributed by atoms with Crippen LogP contribution in [0.2, 0.25) is 0 Å². The maximum atomic E-state index is 5.93. The number of ether oxygens (including phenoxy) is 1. The van der Waals surface area contributed by atoms with E-state index in [1.807, 2.05) is 0 Å². The first kappa shape index (κ1) is 10.4. The normalized spacial score (nSPS) is 40.3. The Labute approximate surface area is 87.4 Å². The Morgan fingerprint density at radius 2 is 1.93 bits per heavy atom. The fourth-order valence-corrected chi connectivity index (χ4v) is 2.91. The van der Waals surface area contributed by atoms with Crippen molar-refractivity contribution >= 4 is 0 Å². The highest BCUT2D eigenvalue weighted by molar-refractivity contribution is 4.98. The summed E-state index contributed by atoms with van der Waals surface area (Å²) in [7, 11) is 0. The first-order valence-electron chi connectivity index (χ1n) is 5.78. The Kier molecular flexibility index (Phi) is 2.39. The minimum Gasteiger partial charge on any atom is -0.375 e. The van der Waals surface area contributed by atoms with Gasteiger partial charge in [-0.25, -0.2) is 0 Å². The molecule has 2 fully saturated rings. The zero-order valence-electron chi connectivity index (χ0n) is 9.89. The third-order valence-corrected chi connectivity index (χ3v) is 4.03. The summed E-state index contributed by atoms with van der Waals surface area (Å²) in [5.41, 5.74) is 0.522. The first-order valence-corrected chi connectivity index (χ1v) is 5.78. The fraction of sp³-hybridized carbons (Fsp3) is 1.00. The van der Waals surface area contributed by atoms with Gasteiger partial charge in [-0.1, -0.05) is 13.8 Å². The van der Waals surface area contributed by atoms with E-state index in [2.05, 4.69) is 33.0 Å². The minimum absolute atomic E-state index is 0.0710. The molecule has 0 aromatic rings. The van der Waals surface area contributed by atoms with Crippen LogP contribution in [-0.2, 0) is 4.74 Å². The van der Waals surface area contributed by atoms with Crippen LogP contribution in [0.3, 0.4) is 0 Å². The molecule has 2 aliphatic heterocycles. The molecule has 0 aromatic heterocycles. The molecule has 2 heterocycles. The van der Waals surface area contributed by atoms with Crippen molar-refractivity contribution in [2.75, 3.05) is 13.2 Å². The number of fused-ring (bicyclic) bond motifs is 1. The Hall–Kier alpha value is -0.0800. The van der Waals surface area contributed by atoms with Crippen molar-refractivity contribution in [2.45, 2.75) is 52.2 Å². The molecule has 0 spiro atoms. The lowest BCUT2D eigenvalue weighted by atomic mass is 9.67. The van der Waals surface area contributed by atoms with E-state index in [0.29, 0.717) is 17.4 Å². The van der Waals surface area contributed by atoms with E-state index < -0.39 is 0 Å². The molecule has 2 nitrogen and oxygen atoms in total. The summed E-state index contributed by atoms with van der Waals surface area (Å²) >= 11 is 0. The number of nitrogens with one attached hydrogen (secondary N) is 1. The van der Waals surface area contributed by atoms with Crippen LogP contribution in [0.4, 0.5) is 0 Å². The molecule has 0 amide bonds. The fourth-order valence-electron chi connectivity index (χ4n) is 2.91. The third kappa shape index (κ3) is 1.82. The molecule has 0 saturated carbocycles.